The molecular weight excluding hydrogens is 2240 g/mol. The minimum absolute atomic E-state index is 0. The van der Waals surface area contributed by atoms with Gasteiger partial charge in [-0.25, -0.2) is 0 Å². The van der Waals surface area contributed by atoms with Gasteiger partial charge in [-0.2, -0.15) is 383 Å². The summed E-state index contributed by atoms with van der Waals surface area (Å²) in [4.78, 5) is 0. The summed E-state index contributed by atoms with van der Waals surface area (Å²) in [6.07, 6.45) is 0. The Bertz CT molecular complexity index is 195. The molecule has 49 heteroatoms. The van der Waals surface area contributed by atoms with Gasteiger partial charge in [0.1, 0.15) is 0 Å². The van der Waals surface area contributed by atoms with Crippen molar-refractivity contribution in [3.05, 3.63) is 0 Å². The molecule has 0 rings (SSSR count). The van der Waals surface area contributed by atoms with Crippen LogP contribution in [0.1, 0.15) is 91.1 Å². The van der Waals surface area contributed by atoms with Crippen molar-refractivity contribution in [3.8, 4) is 0 Å². The molecule has 0 aromatic carbocycles. The largest absolute Gasteiger partial charge is 0.269 e. The van der Waals surface area contributed by atoms with Gasteiger partial charge in [0.2, 0.25) is 0 Å². The van der Waals surface area contributed by atoms with Gasteiger partial charge in [0.05, 0.1) is 0 Å². The normalized spacial score (nSPS) is 0. The first-order valence-electron chi connectivity index (χ1n) is 0. The molecule has 0 saturated heterocycles. The molecule has 0 heterocycles. The van der Waals surface area contributed by atoms with Crippen LogP contribution < -0.4 is 0 Å². The van der Waals surface area contributed by atoms with Gasteiger partial charge in [-0.3, -0.25) is 42.3 Å². The smallest absolute Gasteiger partial charge is 0 e. The molecule has 0 aromatic heterocycles. The van der Waals surface area contributed by atoms with E-state index in [1.165, 1.54) is 0 Å². The van der Waals surface area contributed by atoms with Crippen molar-refractivity contribution < 1.29 is 155 Å². The average molecular weight is 2420 g/mol. The van der Waals surface area contributed by atoms with Gasteiger partial charge in [0.15, 0.2) is 0 Å². The number of hydrogen-bond acceptors (Lipinski definition) is 0. The standard InChI is InChI=1S/9CH4.9FH.6HI.6H3P.24H2S.3V.Y.17H2/h9*1H4;15*1H;6*1H3;24*1H2;;;;;17*1H/i;;;;;;;;;;;;;;;;;;;;;;;;;;;;;;;;;;;;;;;;;;;;;;;;;;;;;;;;;;11*1+2;6*1+1. The number of hydrogen-bond donors (Lipinski definition) is 0. The molecule has 0 aliphatic carbocycles. The molecule has 0 nitrogen and oxygen atoms in total. The summed E-state index contributed by atoms with van der Waals surface area (Å²) < 4.78 is 0. The van der Waals surface area contributed by atoms with Crippen LogP contribution >= 0.6 is 527 Å². The maximum absolute atomic E-state index is 0. The fourth-order valence-electron chi connectivity index (χ4n) is 0. The Morgan fingerprint density at radius 1 is 0.155 bits per heavy atom. The van der Waals surface area contributed by atoms with Gasteiger partial charge in [-0.1, -0.05) is 66.8 Å². The van der Waals surface area contributed by atoms with E-state index >= 15 is 0 Å². The van der Waals surface area contributed by atoms with E-state index in [2.05, 4.69) is 0 Å². The topological polar surface area (TPSA) is 0 Å². The van der Waals surface area contributed by atoms with E-state index in [4.69, 9.17) is 0 Å². The summed E-state index contributed by atoms with van der Waals surface area (Å²) in [5, 5.41) is 0. The van der Waals surface area contributed by atoms with Crippen LogP contribution in [-0.2, 0) is 88.4 Å². The Kier molecular flexibility index (Phi) is 30600. The molecule has 0 amide bonds. The zero-order chi connectivity index (χ0) is 0. The van der Waals surface area contributed by atoms with Gasteiger partial charge >= 0.3 is 0 Å². The van der Waals surface area contributed by atoms with E-state index in [0.717, 1.165) is 0 Å². The van der Waals surface area contributed by atoms with Crippen LogP contribution in [0, 0.1) is 0 Å². The predicted octanol–water partition coefficient (Wildman–Crippen LogP) is 18.0. The van der Waals surface area contributed by atoms with Crippen molar-refractivity contribution in [1.29, 1.82) is 0 Å². The molecule has 0 aliphatic heterocycles. The Hall–Kier alpha value is 17.6. The minimum Gasteiger partial charge on any atom is -0.269 e. The van der Waals surface area contributed by atoms with Crippen molar-refractivity contribution in [3.63, 3.8) is 0 Å². The fourth-order valence-corrected chi connectivity index (χ4v) is 0. The summed E-state index contributed by atoms with van der Waals surface area (Å²) in [5.74, 6) is 0. The molecule has 0 saturated carbocycles. The predicted molar refractivity (Wildman–Crippen MR) is 527 cm³/mol. The summed E-state index contributed by atoms with van der Waals surface area (Å²) >= 11 is 0. The molecule has 0 bridgehead atoms. The second-order valence-electron chi connectivity index (χ2n) is 0. The van der Waals surface area contributed by atoms with Crippen molar-refractivity contribution in [2.24, 2.45) is 0 Å². The summed E-state index contributed by atoms with van der Waals surface area (Å²) in [6, 6.07) is 0. The Balaban J connectivity index is 0. The maximum Gasteiger partial charge on any atom is 0 e. The van der Waals surface area contributed by atoms with Gasteiger partial charge < -0.3 is 0 Å². The van der Waals surface area contributed by atoms with Gasteiger partial charge in [0.25, 0.3) is 0 Å². The Morgan fingerprint density at radius 3 is 0.155 bits per heavy atom. The third kappa shape index (κ3) is 1250. The first-order valence-corrected chi connectivity index (χ1v) is 0. The van der Waals surface area contributed by atoms with Crippen LogP contribution in [0.5, 0.6) is 0 Å². The molecule has 0 spiro atoms. The quantitative estimate of drug-likeness (QED) is 0.129. The van der Waals surface area contributed by atoms with Crippen LogP contribution in [-0.4, -0.2) is 0 Å². The number of rotatable bonds is 0. The van der Waals surface area contributed by atoms with Crippen molar-refractivity contribution in [2.45, 2.75) is 66.8 Å². The van der Waals surface area contributed by atoms with E-state index in [-0.39, 0.29) is 749 Å². The molecule has 58 heavy (non-hydrogen) atoms. The fraction of sp³-hybridized carbons (Fsp3) is 1.00. The molecule has 4 radical (unpaired) electrons. The second kappa shape index (κ2) is 1310. The summed E-state index contributed by atoms with van der Waals surface area (Å²) in [7, 11) is 0. The molecule has 0 aromatic rings. The Morgan fingerprint density at radius 2 is 0.155 bits per heavy atom. The van der Waals surface area contributed by atoms with Gasteiger partial charge in [-0.15, -0.1) is 144 Å². The van der Waals surface area contributed by atoms with Crippen LogP contribution in [0.3, 0.4) is 0 Å². The molecule has 0 fully saturated rings. The maximum atomic E-state index is 0. The molecule has 6 atom stereocenters. The first kappa shape index (κ1) is 1360. The molecule has 484 valence electrons. The molecule has 0 aliphatic rings. The average Bonchev–Trinajstić information content (AvgIpc) is 0. The van der Waals surface area contributed by atoms with E-state index in [1.807, 2.05) is 0 Å². The minimum atomic E-state index is 0. The number of halogens is 15. The molecular formula is C9H151F9I6P6S24V3Y. The SMILES string of the molecule is C.C.C.C.C.C.C.C.C.F.F.F.F.F.F.F.F.F.I.I.I.I.I.I.P.P.P.P.P.P.S.S.S.S.S.S.S.S.S.S.S.S.S.S.S.S.S.S.S.S.S.S.S.S.[2HH].[2HH].[2HH].[2HH].[2HH].[2HH].[3HH].[3HH].[3HH].[3HH].[3HH].[3HH].[3HH].[3HH].[3HH].[3HH].[3HH].[V].[V].[V].[Y]. The summed E-state index contributed by atoms with van der Waals surface area (Å²) in [6.45, 7) is 0. The second-order valence-corrected chi connectivity index (χ2v) is 0. The van der Waals surface area contributed by atoms with Crippen molar-refractivity contribution in [2.75, 3.05) is 0 Å². The molecule has 0 N–H and O–H groups in total. The van der Waals surface area contributed by atoms with E-state index in [1.54, 1.807) is 0 Å². The molecule has 6 unspecified atom stereocenters. The van der Waals surface area contributed by atoms with Gasteiger partial charge in [0, 0.05) is 113 Å². The van der Waals surface area contributed by atoms with E-state index < -0.39 is 0 Å². The van der Waals surface area contributed by atoms with Crippen LogP contribution in [0.25, 0.3) is 0 Å². The monoisotopic (exact) mass is 2420 g/mol. The van der Waals surface area contributed by atoms with E-state index in [0.29, 0.717) is 0 Å². The van der Waals surface area contributed by atoms with Gasteiger partial charge in [-0.05, 0) is 0 Å². The van der Waals surface area contributed by atoms with Crippen molar-refractivity contribution in [1.82, 2.24) is 0 Å². The van der Waals surface area contributed by atoms with Crippen molar-refractivity contribution >= 4 is 527 Å². The zero-order valence-corrected chi connectivity index (χ0v) is 77.8. The van der Waals surface area contributed by atoms with Crippen LogP contribution in [0.15, 0.2) is 0 Å². The first-order chi connectivity index (χ1) is 0. The summed E-state index contributed by atoms with van der Waals surface area (Å²) in [5.41, 5.74) is 0. The zero-order valence-electron chi connectivity index (χ0n) is 24.3. The van der Waals surface area contributed by atoms with Crippen LogP contribution in [0.2, 0.25) is 0 Å². The Labute approximate surface area is 735 Å². The third-order valence-corrected chi connectivity index (χ3v) is 0. The van der Waals surface area contributed by atoms with E-state index in [9.17, 15) is 0 Å². The third-order valence-electron chi connectivity index (χ3n) is 0. The van der Waals surface area contributed by atoms with Crippen LogP contribution in [0.4, 0.5) is 42.3 Å².